The molecule has 8 heteroatoms. The summed E-state index contributed by atoms with van der Waals surface area (Å²) in [5.41, 5.74) is 3.39. The van der Waals surface area contributed by atoms with Crippen molar-refractivity contribution in [2.24, 2.45) is 0 Å². The number of hydrogen-bond acceptors (Lipinski definition) is 6. The van der Waals surface area contributed by atoms with Crippen LogP contribution in [0, 0.1) is 17.0 Å². The number of carbonyl (C=O) groups excluding carboxylic acids is 2. The molecular formula is C24H24N4O4. The second kappa shape index (κ2) is 8.66. The quantitative estimate of drug-likeness (QED) is 0.302. The molecule has 0 bridgehead atoms. The molecule has 8 nitrogen and oxygen atoms in total. The molecule has 0 atom stereocenters. The van der Waals surface area contributed by atoms with Gasteiger partial charge in [-0.2, -0.15) is 0 Å². The number of nitrogens with zero attached hydrogens (tertiary/aromatic N) is 4. The number of piperazine rings is 1. The zero-order valence-corrected chi connectivity index (χ0v) is 17.9. The fourth-order valence-electron chi connectivity index (χ4n) is 4.17. The average molecular weight is 432 g/mol. The van der Waals surface area contributed by atoms with Crippen LogP contribution in [0.5, 0.6) is 0 Å². The van der Waals surface area contributed by atoms with Gasteiger partial charge in [-0.15, -0.1) is 6.58 Å². The van der Waals surface area contributed by atoms with E-state index in [0.29, 0.717) is 37.4 Å². The van der Waals surface area contributed by atoms with Crippen molar-refractivity contribution in [3.8, 4) is 0 Å². The lowest BCUT2D eigenvalue weighted by Crippen LogP contribution is -2.47. The van der Waals surface area contributed by atoms with Crippen LogP contribution in [0.25, 0.3) is 5.57 Å². The highest BCUT2D eigenvalue weighted by Gasteiger charge is 2.41. The second-order valence-electron chi connectivity index (χ2n) is 7.85. The molecule has 164 valence electrons. The lowest BCUT2D eigenvalue weighted by molar-refractivity contribution is -0.384. The Morgan fingerprint density at radius 2 is 1.66 bits per heavy atom. The minimum absolute atomic E-state index is 0.0672. The monoisotopic (exact) mass is 432 g/mol. The molecule has 2 amide bonds. The van der Waals surface area contributed by atoms with Gasteiger partial charge in [-0.3, -0.25) is 24.6 Å². The summed E-state index contributed by atoms with van der Waals surface area (Å²) in [7, 11) is 0. The Morgan fingerprint density at radius 1 is 1.00 bits per heavy atom. The number of hydrogen-bond donors (Lipinski definition) is 0. The number of aryl methyl sites for hydroxylation is 1. The molecule has 1 saturated heterocycles. The predicted molar refractivity (Wildman–Crippen MR) is 122 cm³/mol. The van der Waals surface area contributed by atoms with E-state index in [0.717, 1.165) is 5.69 Å². The number of rotatable bonds is 6. The summed E-state index contributed by atoms with van der Waals surface area (Å²) >= 11 is 0. The molecule has 2 aliphatic rings. The van der Waals surface area contributed by atoms with Crippen LogP contribution in [0.4, 0.5) is 11.4 Å². The smallest absolute Gasteiger partial charge is 0.278 e. The molecule has 1 fully saturated rings. The van der Waals surface area contributed by atoms with Crippen molar-refractivity contribution in [3.05, 3.63) is 88.1 Å². The maximum atomic E-state index is 13.2. The van der Waals surface area contributed by atoms with Crippen LogP contribution in [0.2, 0.25) is 0 Å². The lowest BCUT2D eigenvalue weighted by atomic mass is 10.0. The number of carbonyl (C=O) groups is 2. The molecule has 0 spiro atoms. The van der Waals surface area contributed by atoms with E-state index in [9.17, 15) is 19.7 Å². The van der Waals surface area contributed by atoms with Crippen LogP contribution in [0.1, 0.15) is 11.1 Å². The predicted octanol–water partition coefficient (Wildman–Crippen LogP) is 2.99. The Balaban J connectivity index is 1.65. The molecule has 32 heavy (non-hydrogen) atoms. The van der Waals surface area contributed by atoms with Crippen LogP contribution in [-0.2, 0) is 9.59 Å². The van der Waals surface area contributed by atoms with Crippen molar-refractivity contribution in [2.75, 3.05) is 37.6 Å². The third kappa shape index (κ3) is 3.87. The number of nitro benzene ring substituents is 1. The molecule has 2 aliphatic heterocycles. The minimum Gasteiger partial charge on any atom is -0.368 e. The normalized spacial score (nSPS) is 16.7. The molecule has 2 aromatic carbocycles. The van der Waals surface area contributed by atoms with E-state index in [1.54, 1.807) is 0 Å². The van der Waals surface area contributed by atoms with Gasteiger partial charge < -0.3 is 9.80 Å². The molecule has 0 aromatic heterocycles. The topological polar surface area (TPSA) is 87.0 Å². The Bertz CT molecular complexity index is 1120. The van der Waals surface area contributed by atoms with Gasteiger partial charge in [-0.25, -0.2) is 0 Å². The molecular weight excluding hydrogens is 408 g/mol. The Morgan fingerprint density at radius 3 is 2.25 bits per heavy atom. The van der Waals surface area contributed by atoms with Gasteiger partial charge in [-0.05, 0) is 42.3 Å². The SMILES string of the molecule is C=CCN1C(=O)C(c2ccc([N+](=O)[O-])cc2)=C(N2CCN(c3cccc(C)c3)CC2)C1=O. The maximum absolute atomic E-state index is 13.2. The lowest BCUT2D eigenvalue weighted by Gasteiger charge is -2.37. The summed E-state index contributed by atoms with van der Waals surface area (Å²) in [4.78, 5) is 42.2. The first-order chi connectivity index (χ1) is 15.4. The van der Waals surface area contributed by atoms with E-state index in [2.05, 4.69) is 36.6 Å². The summed E-state index contributed by atoms with van der Waals surface area (Å²) < 4.78 is 0. The summed E-state index contributed by atoms with van der Waals surface area (Å²) in [5.74, 6) is -0.757. The first-order valence-corrected chi connectivity index (χ1v) is 10.4. The molecule has 0 saturated carbocycles. The van der Waals surface area contributed by atoms with Crippen molar-refractivity contribution in [1.29, 1.82) is 0 Å². The highest BCUT2D eigenvalue weighted by molar-refractivity contribution is 6.35. The highest BCUT2D eigenvalue weighted by atomic mass is 16.6. The summed E-state index contributed by atoms with van der Waals surface area (Å²) in [6.45, 7) is 8.41. The Labute approximate surface area is 186 Å². The molecule has 2 aromatic rings. The van der Waals surface area contributed by atoms with Gasteiger partial charge in [0.05, 0.1) is 10.5 Å². The van der Waals surface area contributed by atoms with Gasteiger partial charge in [0, 0.05) is 50.5 Å². The first kappa shape index (κ1) is 21.3. The van der Waals surface area contributed by atoms with Crippen LogP contribution >= 0.6 is 0 Å². The van der Waals surface area contributed by atoms with Crippen molar-refractivity contribution in [3.63, 3.8) is 0 Å². The van der Waals surface area contributed by atoms with Crippen molar-refractivity contribution in [2.45, 2.75) is 6.92 Å². The summed E-state index contributed by atoms with van der Waals surface area (Å²) in [6, 6.07) is 14.0. The van der Waals surface area contributed by atoms with Crippen molar-refractivity contribution in [1.82, 2.24) is 9.80 Å². The standard InChI is InChI=1S/C24H24N4O4/c1-3-11-27-23(29)21(18-7-9-19(10-8-18)28(31)32)22(24(27)30)26-14-12-25(13-15-26)20-6-4-5-17(2)16-20/h3-10,16H,1,11-15H2,2H3. The number of non-ortho nitro benzene ring substituents is 1. The van der Waals surface area contributed by atoms with Gasteiger partial charge in [0.25, 0.3) is 17.5 Å². The van der Waals surface area contributed by atoms with E-state index in [-0.39, 0.29) is 23.7 Å². The summed E-state index contributed by atoms with van der Waals surface area (Å²) in [6.07, 6.45) is 1.52. The molecule has 2 heterocycles. The van der Waals surface area contributed by atoms with Crippen LogP contribution in [-0.4, -0.2) is 59.3 Å². The first-order valence-electron chi connectivity index (χ1n) is 10.4. The fraction of sp³-hybridized carbons (Fsp3) is 0.250. The van der Waals surface area contributed by atoms with Crippen molar-refractivity contribution >= 4 is 28.8 Å². The largest absolute Gasteiger partial charge is 0.368 e. The van der Waals surface area contributed by atoms with Gasteiger partial charge >= 0.3 is 0 Å². The van der Waals surface area contributed by atoms with Crippen LogP contribution in [0.15, 0.2) is 66.9 Å². The van der Waals surface area contributed by atoms with Gasteiger partial charge in [0.1, 0.15) is 5.70 Å². The van der Waals surface area contributed by atoms with E-state index < -0.39 is 10.8 Å². The third-order valence-electron chi connectivity index (χ3n) is 5.78. The number of anilines is 1. The molecule has 0 aliphatic carbocycles. The molecule has 4 rings (SSSR count). The molecule has 0 radical (unpaired) electrons. The number of nitro groups is 1. The minimum atomic E-state index is -0.491. The van der Waals surface area contributed by atoms with Crippen molar-refractivity contribution < 1.29 is 14.5 Å². The summed E-state index contributed by atoms with van der Waals surface area (Å²) in [5, 5.41) is 11.0. The van der Waals surface area contributed by atoms with E-state index in [1.807, 2.05) is 11.0 Å². The van der Waals surface area contributed by atoms with Crippen LogP contribution < -0.4 is 4.90 Å². The molecule has 0 N–H and O–H groups in total. The Hall–Kier alpha value is -3.94. The van der Waals surface area contributed by atoms with Gasteiger partial charge in [0.15, 0.2) is 0 Å². The van der Waals surface area contributed by atoms with Gasteiger partial charge in [0.2, 0.25) is 0 Å². The fourth-order valence-corrected chi connectivity index (χ4v) is 4.17. The zero-order chi connectivity index (χ0) is 22.8. The van der Waals surface area contributed by atoms with Crippen LogP contribution in [0.3, 0.4) is 0 Å². The highest BCUT2D eigenvalue weighted by Crippen LogP contribution is 2.33. The second-order valence-corrected chi connectivity index (χ2v) is 7.85. The van der Waals surface area contributed by atoms with E-state index >= 15 is 0 Å². The number of amides is 2. The average Bonchev–Trinajstić information content (AvgIpc) is 3.04. The van der Waals surface area contributed by atoms with Gasteiger partial charge in [-0.1, -0.05) is 18.2 Å². The number of benzene rings is 2. The van der Waals surface area contributed by atoms with E-state index in [4.69, 9.17) is 0 Å². The zero-order valence-electron chi connectivity index (χ0n) is 17.9. The Kier molecular flexibility index (Phi) is 5.77. The maximum Gasteiger partial charge on any atom is 0.278 e. The van der Waals surface area contributed by atoms with E-state index in [1.165, 1.54) is 40.8 Å². The molecule has 0 unspecified atom stereocenters. The third-order valence-corrected chi connectivity index (χ3v) is 5.78. The number of imide groups is 1.